The van der Waals surface area contributed by atoms with Crippen LogP contribution in [-0.2, 0) is 35.1 Å². The number of rotatable bonds is 21. The number of nitrogens with two attached hydrogens (primary N) is 1. The SMILES string of the molecule is Cc1ncsc1-c1ccc(CNC(=O)[C@@H]2C[C@@H](O)CN2C(=O)[C@@H](NC(=O)CCOCCOCCOCCN2CCN(c3ccc(-n4c(C)nc5ccc(-c6ccnc(N)c6)nc54)cc3F)CC2)C(C)(C)C)cc1. The fourth-order valence-corrected chi connectivity index (χ4v) is 9.98. The van der Waals surface area contributed by atoms with E-state index in [1.807, 2.05) is 99.3 Å². The molecule has 8 rings (SSSR count). The first-order chi connectivity index (χ1) is 35.1. The number of anilines is 2. The number of pyridine rings is 2. The molecule has 0 radical (unpaired) electrons. The Labute approximate surface area is 429 Å². The minimum atomic E-state index is -0.931. The molecule has 73 heavy (non-hydrogen) atoms. The van der Waals surface area contributed by atoms with Gasteiger partial charge in [-0.1, -0.05) is 45.0 Å². The molecular weight excluding hydrogens is 954 g/mol. The van der Waals surface area contributed by atoms with Crippen LogP contribution in [0.2, 0.25) is 0 Å². The van der Waals surface area contributed by atoms with Crippen molar-refractivity contribution in [2.45, 2.75) is 72.2 Å². The standard InChI is InChI=1S/C53H66FN11O7S/c1-34-48(73-33-58-34)37-8-6-36(7-9-37)31-57-51(68)45-30-40(66)32-64(45)52(69)49(53(3,4)5)61-47(67)15-22-70-24-26-72-27-25-71-23-21-62-17-19-63(20-18-62)44-13-10-39(29-41(44)54)65-35(2)59-43-12-11-42(60-50(43)65)38-14-16-56-46(55)28-38/h6-14,16,28-29,33,40,45,49,66H,15,17-27,30-32H2,1-5H3,(H2,55,56)(H,57,68)(H,61,67)/t40-,45+,49-/m1/s1. The summed E-state index contributed by atoms with van der Waals surface area (Å²) in [7, 11) is 0. The maximum Gasteiger partial charge on any atom is 0.246 e. The third kappa shape index (κ3) is 13.4. The van der Waals surface area contributed by atoms with Crippen LogP contribution >= 0.6 is 11.3 Å². The van der Waals surface area contributed by atoms with E-state index >= 15 is 4.39 Å². The summed E-state index contributed by atoms with van der Waals surface area (Å²) in [6, 6.07) is 18.8. The van der Waals surface area contributed by atoms with E-state index in [9.17, 15) is 19.5 Å². The number of piperazine rings is 1. The van der Waals surface area contributed by atoms with Gasteiger partial charge < -0.3 is 45.5 Å². The summed E-state index contributed by atoms with van der Waals surface area (Å²) in [5, 5.41) is 16.4. The molecule has 3 amide bonds. The van der Waals surface area contributed by atoms with Crippen molar-refractivity contribution in [1.82, 2.24) is 44.9 Å². The van der Waals surface area contributed by atoms with Gasteiger partial charge >= 0.3 is 0 Å². The van der Waals surface area contributed by atoms with Crippen molar-refractivity contribution in [3.8, 4) is 27.4 Å². The number of nitrogens with zero attached hydrogens (tertiary/aromatic N) is 8. The van der Waals surface area contributed by atoms with E-state index < -0.39 is 29.5 Å². The van der Waals surface area contributed by atoms with Gasteiger partial charge in [0.15, 0.2) is 5.65 Å². The number of fused-ring (bicyclic) bond motifs is 1. The number of nitrogen functional groups attached to an aromatic ring is 1. The molecule has 388 valence electrons. The van der Waals surface area contributed by atoms with Crippen LogP contribution in [0.5, 0.6) is 0 Å². The molecule has 2 aliphatic heterocycles. The van der Waals surface area contributed by atoms with Crippen molar-refractivity contribution in [3.05, 3.63) is 101 Å². The van der Waals surface area contributed by atoms with E-state index in [-0.39, 0.29) is 56.8 Å². The zero-order valence-electron chi connectivity index (χ0n) is 42.2. The highest BCUT2D eigenvalue weighted by Gasteiger charge is 2.44. The van der Waals surface area contributed by atoms with E-state index in [1.54, 1.807) is 29.7 Å². The van der Waals surface area contributed by atoms with E-state index in [0.717, 1.165) is 52.6 Å². The molecule has 20 heteroatoms. The van der Waals surface area contributed by atoms with E-state index in [0.29, 0.717) is 73.7 Å². The fourth-order valence-electron chi connectivity index (χ4n) is 9.17. The van der Waals surface area contributed by atoms with Crippen LogP contribution < -0.4 is 21.3 Å². The summed E-state index contributed by atoms with van der Waals surface area (Å²) in [6.07, 6.45) is 0.910. The lowest BCUT2D eigenvalue weighted by Gasteiger charge is -2.36. The molecule has 0 bridgehead atoms. The van der Waals surface area contributed by atoms with Crippen molar-refractivity contribution in [2.24, 2.45) is 5.41 Å². The zero-order valence-corrected chi connectivity index (χ0v) is 43.0. The smallest absolute Gasteiger partial charge is 0.246 e. The third-order valence-corrected chi connectivity index (χ3v) is 14.1. The second-order valence-electron chi connectivity index (χ2n) is 19.5. The number of aromatic nitrogens is 5. The zero-order chi connectivity index (χ0) is 51.6. The van der Waals surface area contributed by atoms with E-state index in [4.69, 9.17) is 24.9 Å². The molecule has 4 aromatic heterocycles. The van der Waals surface area contributed by atoms with Crippen molar-refractivity contribution in [2.75, 3.05) is 89.5 Å². The molecule has 2 saturated heterocycles. The van der Waals surface area contributed by atoms with Crippen molar-refractivity contribution in [3.63, 3.8) is 0 Å². The van der Waals surface area contributed by atoms with Crippen molar-refractivity contribution in [1.29, 1.82) is 0 Å². The summed E-state index contributed by atoms with van der Waals surface area (Å²) >= 11 is 1.57. The quantitative estimate of drug-likeness (QED) is 0.0673. The average Bonchev–Trinajstić information content (AvgIpc) is 4.09. The molecule has 2 aliphatic rings. The number of aryl methyl sites for hydroxylation is 2. The minimum absolute atomic E-state index is 0.00612. The molecule has 2 aromatic carbocycles. The number of benzene rings is 2. The van der Waals surface area contributed by atoms with Crippen LogP contribution in [0, 0.1) is 25.1 Å². The lowest BCUT2D eigenvalue weighted by molar-refractivity contribution is -0.144. The maximum atomic E-state index is 15.8. The molecule has 18 nitrogen and oxygen atoms in total. The van der Waals surface area contributed by atoms with Gasteiger partial charge in [-0.05, 0) is 66.8 Å². The van der Waals surface area contributed by atoms with Crippen LogP contribution in [0.3, 0.4) is 0 Å². The lowest BCUT2D eigenvalue weighted by Crippen LogP contribution is -2.57. The predicted octanol–water partition coefficient (Wildman–Crippen LogP) is 5.32. The first-order valence-electron chi connectivity index (χ1n) is 24.8. The minimum Gasteiger partial charge on any atom is -0.391 e. The van der Waals surface area contributed by atoms with E-state index in [1.165, 1.54) is 4.90 Å². The number of imidazole rings is 1. The highest BCUT2D eigenvalue weighted by Crippen LogP contribution is 2.31. The number of halogens is 1. The Hall–Kier alpha value is -6.42. The Balaban J connectivity index is 0.688. The molecule has 6 heterocycles. The number of nitrogens with one attached hydrogen (secondary N) is 2. The fraction of sp³-hybridized carbons (Fsp3) is 0.453. The highest BCUT2D eigenvalue weighted by atomic mass is 32.1. The maximum absolute atomic E-state index is 15.8. The number of thiazole rings is 1. The molecule has 0 aliphatic carbocycles. The lowest BCUT2D eigenvalue weighted by atomic mass is 9.85. The van der Waals surface area contributed by atoms with Gasteiger partial charge in [0.1, 0.15) is 35.1 Å². The molecule has 2 fully saturated rings. The molecule has 0 unspecified atom stereocenters. The van der Waals surface area contributed by atoms with Gasteiger partial charge in [0.05, 0.1) is 78.9 Å². The van der Waals surface area contributed by atoms with E-state index in [2.05, 4.69) is 35.4 Å². The van der Waals surface area contributed by atoms with Crippen LogP contribution in [0.4, 0.5) is 15.9 Å². The summed E-state index contributed by atoms with van der Waals surface area (Å²) in [5.41, 5.74) is 14.1. The Morgan fingerprint density at radius 1 is 0.877 bits per heavy atom. The molecular formula is C53H66FN11O7S. The number of hydrogen-bond acceptors (Lipinski definition) is 15. The van der Waals surface area contributed by atoms with Gasteiger partial charge in [0.2, 0.25) is 17.7 Å². The Morgan fingerprint density at radius 3 is 2.29 bits per heavy atom. The van der Waals surface area contributed by atoms with Crippen LogP contribution in [0.15, 0.2) is 78.4 Å². The van der Waals surface area contributed by atoms with Gasteiger partial charge in [-0.3, -0.25) is 23.9 Å². The van der Waals surface area contributed by atoms with Gasteiger partial charge in [0, 0.05) is 76.5 Å². The highest BCUT2D eigenvalue weighted by molar-refractivity contribution is 7.13. The Morgan fingerprint density at radius 2 is 1.60 bits per heavy atom. The monoisotopic (exact) mass is 1020 g/mol. The number of carbonyl (C=O) groups is 3. The summed E-state index contributed by atoms with van der Waals surface area (Å²) in [5.74, 6) is -0.348. The topological polar surface area (TPSA) is 215 Å². The second kappa shape index (κ2) is 24.1. The number of aliphatic hydroxyl groups is 1. The third-order valence-electron chi connectivity index (χ3n) is 13.1. The Bertz CT molecular complexity index is 2850. The number of amides is 3. The number of ether oxygens (including phenoxy) is 3. The number of aliphatic hydroxyl groups excluding tert-OH is 1. The predicted molar refractivity (Wildman–Crippen MR) is 279 cm³/mol. The van der Waals surface area contributed by atoms with Crippen molar-refractivity contribution < 1.29 is 38.1 Å². The Kier molecular flexibility index (Phi) is 17.4. The van der Waals surface area contributed by atoms with Crippen LogP contribution in [0.1, 0.15) is 50.7 Å². The van der Waals surface area contributed by atoms with Gasteiger partial charge in [-0.25, -0.2) is 24.3 Å². The second-order valence-corrected chi connectivity index (χ2v) is 20.4. The largest absolute Gasteiger partial charge is 0.391 e. The molecule has 3 atom stereocenters. The normalized spacial score (nSPS) is 16.8. The van der Waals surface area contributed by atoms with Crippen LogP contribution in [0.25, 0.3) is 38.5 Å². The van der Waals surface area contributed by atoms with Crippen molar-refractivity contribution >= 4 is 51.7 Å². The van der Waals surface area contributed by atoms with Gasteiger partial charge in [-0.15, -0.1) is 11.3 Å². The molecule has 5 N–H and O–H groups in total. The summed E-state index contributed by atoms with van der Waals surface area (Å²) in [6.45, 7) is 15.4. The van der Waals surface area contributed by atoms with Gasteiger partial charge in [0.25, 0.3) is 0 Å². The molecule has 0 spiro atoms. The first kappa shape index (κ1) is 52.9. The molecule has 0 saturated carbocycles. The number of β-amino-alcohol motifs (C(OH)–C–C–N with tert-alkyl or cyclic N) is 1. The number of hydrogen-bond donors (Lipinski definition) is 4. The van der Waals surface area contributed by atoms with Crippen LogP contribution in [-0.4, -0.2) is 154 Å². The van der Waals surface area contributed by atoms with Gasteiger partial charge in [-0.2, -0.15) is 0 Å². The number of carbonyl (C=O) groups excluding carboxylic acids is 3. The first-order valence-corrected chi connectivity index (χ1v) is 25.6. The molecule has 6 aromatic rings. The average molecular weight is 1020 g/mol. The summed E-state index contributed by atoms with van der Waals surface area (Å²) in [4.78, 5) is 65.3. The summed E-state index contributed by atoms with van der Waals surface area (Å²) < 4.78 is 34.8. The number of likely N-dealkylation sites (tertiary alicyclic amines) is 1.